The number of benzene rings is 2. The van der Waals surface area contributed by atoms with Crippen LogP contribution < -0.4 is 25.3 Å². The molecule has 28 heavy (non-hydrogen) atoms. The molecule has 8 nitrogen and oxygen atoms in total. The van der Waals surface area contributed by atoms with Gasteiger partial charge in [-0.2, -0.15) is 0 Å². The van der Waals surface area contributed by atoms with Crippen molar-refractivity contribution in [2.75, 3.05) is 13.2 Å². The molecule has 0 aliphatic carbocycles. The number of carbonyl (C=O) groups excluding carboxylic acids is 2. The topological polar surface area (TPSA) is 118 Å². The minimum Gasteiger partial charge on any atom is -0.548 e. The second kappa shape index (κ2) is 8.26. The van der Waals surface area contributed by atoms with E-state index < -0.39 is 25.0 Å². The molecule has 0 unspecified atom stereocenters. The highest BCUT2D eigenvalue weighted by Crippen LogP contribution is 2.24. The number of aliphatic carboxylic acids is 1. The molecule has 144 valence electrons. The van der Waals surface area contributed by atoms with Gasteiger partial charge in [-0.05, 0) is 31.2 Å². The van der Waals surface area contributed by atoms with Crippen molar-refractivity contribution in [2.45, 2.75) is 6.92 Å². The molecule has 0 aliphatic heterocycles. The van der Waals surface area contributed by atoms with Gasteiger partial charge in [0.2, 0.25) is 11.2 Å². The maximum atomic E-state index is 12.6. The molecule has 1 aromatic heterocycles. The molecule has 3 aromatic rings. The van der Waals surface area contributed by atoms with Crippen LogP contribution in [0.1, 0.15) is 5.56 Å². The Labute approximate surface area is 159 Å². The molecule has 1 amide bonds. The molecule has 0 spiro atoms. The fraction of sp³-hybridized carbons (Fsp3) is 0.150. The smallest absolute Gasteiger partial charge is 0.258 e. The lowest BCUT2D eigenvalue weighted by atomic mass is 10.2. The number of amides is 1. The number of carbonyl (C=O) groups is 2. The molecule has 3 rings (SSSR count). The molecule has 0 saturated carbocycles. The quantitative estimate of drug-likeness (QED) is 0.651. The Morgan fingerprint density at radius 2 is 1.82 bits per heavy atom. The summed E-state index contributed by atoms with van der Waals surface area (Å²) in [6.45, 7) is 0.955. The van der Waals surface area contributed by atoms with Gasteiger partial charge in [-0.1, -0.05) is 17.7 Å². The second-order valence-corrected chi connectivity index (χ2v) is 5.94. The van der Waals surface area contributed by atoms with Crippen LogP contribution in [0.15, 0.2) is 57.9 Å². The van der Waals surface area contributed by atoms with Gasteiger partial charge >= 0.3 is 0 Å². The van der Waals surface area contributed by atoms with Crippen LogP contribution in [0.25, 0.3) is 11.0 Å². The zero-order valence-electron chi connectivity index (χ0n) is 14.9. The van der Waals surface area contributed by atoms with Crippen LogP contribution in [0.3, 0.4) is 0 Å². The first kappa shape index (κ1) is 19.0. The summed E-state index contributed by atoms with van der Waals surface area (Å²) in [5.41, 5.74) is 0.979. The van der Waals surface area contributed by atoms with Crippen LogP contribution in [0, 0.1) is 6.92 Å². The van der Waals surface area contributed by atoms with E-state index in [9.17, 15) is 19.5 Å². The lowest BCUT2D eigenvalue weighted by Gasteiger charge is -2.09. The number of aryl methyl sites for hydroxylation is 1. The van der Waals surface area contributed by atoms with Crippen LogP contribution >= 0.6 is 0 Å². The number of carboxylic acid groups (broad SMARTS) is 1. The molecule has 0 aliphatic rings. The number of nitrogens with one attached hydrogen (secondary N) is 1. The van der Waals surface area contributed by atoms with Crippen molar-refractivity contribution in [1.82, 2.24) is 5.32 Å². The molecule has 1 heterocycles. The second-order valence-electron chi connectivity index (χ2n) is 5.94. The van der Waals surface area contributed by atoms with Crippen molar-refractivity contribution in [2.24, 2.45) is 0 Å². The van der Waals surface area contributed by atoms with Gasteiger partial charge in [0, 0.05) is 6.07 Å². The molecule has 0 atom stereocenters. The number of carboxylic acids is 1. The first-order valence-corrected chi connectivity index (χ1v) is 8.32. The maximum Gasteiger partial charge on any atom is 0.258 e. The van der Waals surface area contributed by atoms with Crippen molar-refractivity contribution in [3.63, 3.8) is 0 Å². The Bertz CT molecular complexity index is 1070. The van der Waals surface area contributed by atoms with E-state index in [2.05, 4.69) is 5.32 Å². The van der Waals surface area contributed by atoms with Crippen molar-refractivity contribution in [3.8, 4) is 17.2 Å². The van der Waals surface area contributed by atoms with Gasteiger partial charge in [-0.15, -0.1) is 0 Å². The van der Waals surface area contributed by atoms with Crippen LogP contribution in [-0.2, 0) is 9.59 Å². The van der Waals surface area contributed by atoms with E-state index in [1.807, 2.05) is 19.1 Å². The number of fused-ring (bicyclic) bond motifs is 1. The lowest BCUT2D eigenvalue weighted by molar-refractivity contribution is -0.304. The SMILES string of the molecule is Cc1ccc(Oc2coc3cc(OCC(=O)NCC(=O)[O-])ccc3c2=O)cc1. The predicted molar refractivity (Wildman–Crippen MR) is 97.2 cm³/mol. The van der Waals surface area contributed by atoms with E-state index in [1.165, 1.54) is 24.5 Å². The fourth-order valence-electron chi connectivity index (χ4n) is 2.36. The summed E-state index contributed by atoms with van der Waals surface area (Å²) in [5.74, 6) is -1.17. The maximum absolute atomic E-state index is 12.6. The van der Waals surface area contributed by atoms with Gasteiger partial charge in [0.25, 0.3) is 5.91 Å². The zero-order chi connectivity index (χ0) is 20.1. The fourth-order valence-corrected chi connectivity index (χ4v) is 2.36. The van der Waals surface area contributed by atoms with Crippen molar-refractivity contribution < 1.29 is 28.6 Å². The van der Waals surface area contributed by atoms with Crippen LogP contribution in [0.2, 0.25) is 0 Å². The summed E-state index contributed by atoms with van der Waals surface area (Å²) in [7, 11) is 0. The summed E-state index contributed by atoms with van der Waals surface area (Å²) < 4.78 is 16.3. The molecule has 0 saturated heterocycles. The zero-order valence-corrected chi connectivity index (χ0v) is 14.9. The Balaban J connectivity index is 1.73. The number of hydrogen-bond acceptors (Lipinski definition) is 7. The van der Waals surface area contributed by atoms with Crippen molar-refractivity contribution in [1.29, 1.82) is 0 Å². The van der Waals surface area contributed by atoms with E-state index in [0.29, 0.717) is 11.1 Å². The van der Waals surface area contributed by atoms with E-state index in [-0.39, 0.29) is 22.5 Å². The Hall–Kier alpha value is -3.81. The van der Waals surface area contributed by atoms with E-state index in [4.69, 9.17) is 13.9 Å². The third-order valence-corrected chi connectivity index (χ3v) is 3.76. The van der Waals surface area contributed by atoms with Crippen molar-refractivity contribution in [3.05, 3.63) is 64.5 Å². The molecule has 8 heteroatoms. The van der Waals surface area contributed by atoms with Gasteiger partial charge in [-0.3, -0.25) is 9.59 Å². The van der Waals surface area contributed by atoms with Crippen LogP contribution in [0.5, 0.6) is 17.2 Å². The summed E-state index contributed by atoms with van der Waals surface area (Å²) in [6.07, 6.45) is 1.21. The third-order valence-electron chi connectivity index (χ3n) is 3.76. The Morgan fingerprint density at radius 1 is 1.11 bits per heavy atom. The number of ether oxygens (including phenoxy) is 2. The summed E-state index contributed by atoms with van der Waals surface area (Å²) >= 11 is 0. The van der Waals surface area contributed by atoms with Crippen molar-refractivity contribution >= 4 is 22.8 Å². The monoisotopic (exact) mass is 382 g/mol. The van der Waals surface area contributed by atoms with E-state index in [1.54, 1.807) is 12.1 Å². The Morgan fingerprint density at radius 3 is 2.54 bits per heavy atom. The van der Waals surface area contributed by atoms with E-state index >= 15 is 0 Å². The largest absolute Gasteiger partial charge is 0.548 e. The molecule has 0 radical (unpaired) electrons. The molecule has 0 fully saturated rings. The van der Waals surface area contributed by atoms with Gasteiger partial charge < -0.3 is 29.1 Å². The molecular weight excluding hydrogens is 366 g/mol. The highest BCUT2D eigenvalue weighted by atomic mass is 16.5. The third kappa shape index (κ3) is 4.67. The van der Waals surface area contributed by atoms with Gasteiger partial charge in [0.05, 0.1) is 17.9 Å². The molecule has 2 aromatic carbocycles. The highest BCUT2D eigenvalue weighted by molar-refractivity contribution is 5.82. The normalized spacial score (nSPS) is 10.5. The molecule has 1 N–H and O–H groups in total. The molecule has 0 bridgehead atoms. The van der Waals surface area contributed by atoms with Crippen LogP contribution in [-0.4, -0.2) is 25.0 Å². The van der Waals surface area contributed by atoms with Gasteiger partial charge in [0.1, 0.15) is 23.3 Å². The minimum absolute atomic E-state index is 0.0479. The number of rotatable bonds is 7. The lowest BCUT2D eigenvalue weighted by Crippen LogP contribution is -2.39. The standard InChI is InChI=1S/C20H17NO7/c1-12-2-4-13(5-3-12)28-17-10-27-16-8-14(6-7-15(16)20(17)25)26-11-18(22)21-9-19(23)24/h2-8,10H,9,11H2,1H3,(H,21,22)(H,23,24)/p-1. The Kier molecular flexibility index (Phi) is 5.59. The van der Waals surface area contributed by atoms with Crippen LogP contribution in [0.4, 0.5) is 0 Å². The summed E-state index contributed by atoms with van der Waals surface area (Å²) in [6, 6.07) is 11.7. The first-order valence-electron chi connectivity index (χ1n) is 8.32. The molecular formula is C20H16NO7-. The summed E-state index contributed by atoms with van der Waals surface area (Å²) in [4.78, 5) is 34.3. The predicted octanol–water partition coefficient (Wildman–Crippen LogP) is 1.14. The highest BCUT2D eigenvalue weighted by Gasteiger charge is 2.11. The minimum atomic E-state index is -1.40. The average Bonchev–Trinajstić information content (AvgIpc) is 2.68. The number of hydrogen-bond donors (Lipinski definition) is 1. The van der Waals surface area contributed by atoms with E-state index in [0.717, 1.165) is 5.56 Å². The average molecular weight is 382 g/mol. The van der Waals surface area contributed by atoms with Gasteiger partial charge in [0.15, 0.2) is 6.61 Å². The van der Waals surface area contributed by atoms with Gasteiger partial charge in [-0.25, -0.2) is 0 Å². The summed E-state index contributed by atoms with van der Waals surface area (Å²) in [5, 5.41) is 12.7. The first-order chi connectivity index (χ1) is 13.4.